The highest BCUT2D eigenvalue weighted by Crippen LogP contribution is 2.37. The molecule has 4 rings (SSSR count). The summed E-state index contributed by atoms with van der Waals surface area (Å²) in [6.45, 7) is 4.64. The standard InChI is InChI=1S/C21H22ClN5O3S2/c1-12-6-13(14-7-17(22)24-9-16(14)29-3)15(8-23-12)18(28)25-19-26-27-20(32-19)30-10-21(2)4-5-31-11-21/h6-9H,4-5,10-11H2,1-3H3,(H,25,26,28)/t21-/m1/s1. The van der Waals surface area contributed by atoms with Crippen LogP contribution < -0.4 is 14.8 Å². The molecule has 168 valence electrons. The Hall–Kier alpha value is -2.43. The third-order valence-electron chi connectivity index (χ3n) is 5.10. The predicted molar refractivity (Wildman–Crippen MR) is 127 cm³/mol. The lowest BCUT2D eigenvalue weighted by Crippen LogP contribution is -2.24. The third kappa shape index (κ3) is 5.13. The van der Waals surface area contributed by atoms with Crippen molar-refractivity contribution in [2.45, 2.75) is 20.3 Å². The molecule has 32 heavy (non-hydrogen) atoms. The van der Waals surface area contributed by atoms with Crippen molar-refractivity contribution in [1.29, 1.82) is 0 Å². The summed E-state index contributed by atoms with van der Waals surface area (Å²) < 4.78 is 11.3. The summed E-state index contributed by atoms with van der Waals surface area (Å²) in [5, 5.41) is 12.0. The Bertz CT molecular complexity index is 1130. The van der Waals surface area contributed by atoms with Crippen LogP contribution in [0.25, 0.3) is 11.1 Å². The van der Waals surface area contributed by atoms with Crippen LogP contribution in [0.1, 0.15) is 29.4 Å². The number of nitrogens with zero attached hydrogens (tertiary/aromatic N) is 4. The van der Waals surface area contributed by atoms with Crippen molar-refractivity contribution < 1.29 is 14.3 Å². The van der Waals surface area contributed by atoms with Crippen molar-refractivity contribution in [3.8, 4) is 22.1 Å². The van der Waals surface area contributed by atoms with Gasteiger partial charge in [0.25, 0.3) is 11.1 Å². The summed E-state index contributed by atoms with van der Waals surface area (Å²) in [6.07, 6.45) is 4.16. The second-order valence-corrected chi connectivity index (χ2v) is 10.2. The van der Waals surface area contributed by atoms with Gasteiger partial charge in [0.1, 0.15) is 10.9 Å². The first-order valence-corrected chi connectivity index (χ1v) is 12.2. The summed E-state index contributed by atoms with van der Waals surface area (Å²) in [5.41, 5.74) is 2.52. The average Bonchev–Trinajstić information content (AvgIpc) is 3.41. The summed E-state index contributed by atoms with van der Waals surface area (Å²) in [6, 6.07) is 3.46. The van der Waals surface area contributed by atoms with Gasteiger partial charge in [0, 0.05) is 34.2 Å². The Morgan fingerprint density at radius 1 is 1.25 bits per heavy atom. The van der Waals surface area contributed by atoms with E-state index < -0.39 is 0 Å². The highest BCUT2D eigenvalue weighted by atomic mass is 35.5. The Kier molecular flexibility index (Phi) is 6.82. The molecule has 4 heterocycles. The molecule has 1 fully saturated rings. The minimum absolute atomic E-state index is 0.146. The monoisotopic (exact) mass is 491 g/mol. The van der Waals surface area contributed by atoms with E-state index in [0.717, 1.165) is 23.6 Å². The van der Waals surface area contributed by atoms with Gasteiger partial charge in [-0.25, -0.2) is 4.98 Å². The van der Waals surface area contributed by atoms with E-state index in [9.17, 15) is 4.79 Å². The summed E-state index contributed by atoms with van der Waals surface area (Å²) in [4.78, 5) is 21.4. The molecule has 0 aliphatic carbocycles. The van der Waals surface area contributed by atoms with Crippen LogP contribution in [-0.2, 0) is 0 Å². The maximum Gasteiger partial charge on any atom is 0.295 e. The highest BCUT2D eigenvalue weighted by Gasteiger charge is 2.30. The van der Waals surface area contributed by atoms with E-state index in [-0.39, 0.29) is 11.3 Å². The van der Waals surface area contributed by atoms with Gasteiger partial charge < -0.3 is 9.47 Å². The van der Waals surface area contributed by atoms with Gasteiger partial charge in [0.05, 0.1) is 25.5 Å². The van der Waals surface area contributed by atoms with Crippen LogP contribution in [-0.4, -0.2) is 51.3 Å². The molecule has 3 aromatic heterocycles. The zero-order valence-electron chi connectivity index (χ0n) is 17.8. The van der Waals surface area contributed by atoms with Crippen LogP contribution in [0, 0.1) is 12.3 Å². The number of nitrogens with one attached hydrogen (secondary N) is 1. The lowest BCUT2D eigenvalue weighted by atomic mass is 9.92. The van der Waals surface area contributed by atoms with Gasteiger partial charge in [-0.05, 0) is 42.6 Å². The number of pyridine rings is 2. The fourth-order valence-corrected chi connectivity index (χ4v) is 5.55. The van der Waals surface area contributed by atoms with Gasteiger partial charge in [-0.1, -0.05) is 23.6 Å². The molecule has 1 saturated heterocycles. The lowest BCUT2D eigenvalue weighted by molar-refractivity contribution is 0.102. The number of carbonyl (C=O) groups is 1. The van der Waals surface area contributed by atoms with Crippen molar-refractivity contribution in [3.63, 3.8) is 0 Å². The molecule has 0 saturated carbocycles. The molecular weight excluding hydrogens is 470 g/mol. The molecule has 3 aromatic rings. The van der Waals surface area contributed by atoms with Crippen LogP contribution in [0.5, 0.6) is 10.9 Å². The molecule has 0 spiro atoms. The van der Waals surface area contributed by atoms with E-state index >= 15 is 0 Å². The fraction of sp³-hybridized carbons (Fsp3) is 0.381. The number of anilines is 1. The Morgan fingerprint density at radius 2 is 2.09 bits per heavy atom. The van der Waals surface area contributed by atoms with Crippen molar-refractivity contribution in [1.82, 2.24) is 20.2 Å². The number of thioether (sulfide) groups is 1. The minimum Gasteiger partial charge on any atom is -0.494 e. The van der Waals surface area contributed by atoms with E-state index in [1.807, 2.05) is 18.7 Å². The minimum atomic E-state index is -0.371. The average molecular weight is 492 g/mol. The number of rotatable bonds is 7. The van der Waals surface area contributed by atoms with Gasteiger partial charge in [-0.15, -0.1) is 5.10 Å². The Morgan fingerprint density at radius 3 is 2.84 bits per heavy atom. The number of amides is 1. The molecule has 0 aromatic carbocycles. The largest absolute Gasteiger partial charge is 0.494 e. The molecule has 11 heteroatoms. The molecule has 1 amide bonds. The molecule has 1 aliphatic heterocycles. The van der Waals surface area contributed by atoms with Gasteiger partial charge in [0.2, 0.25) is 5.13 Å². The molecule has 8 nitrogen and oxygen atoms in total. The topological polar surface area (TPSA) is 99.1 Å². The maximum atomic E-state index is 13.1. The third-order valence-corrected chi connectivity index (χ3v) is 7.45. The van der Waals surface area contributed by atoms with Crippen molar-refractivity contribution >= 4 is 45.7 Å². The van der Waals surface area contributed by atoms with Crippen LogP contribution in [0.15, 0.2) is 24.5 Å². The number of hydrogen-bond acceptors (Lipinski definition) is 9. The first-order valence-electron chi connectivity index (χ1n) is 9.89. The van der Waals surface area contributed by atoms with E-state index in [1.165, 1.54) is 30.8 Å². The Labute approximate surface area is 199 Å². The summed E-state index contributed by atoms with van der Waals surface area (Å²) in [5.74, 6) is 2.35. The molecule has 1 aliphatic rings. The predicted octanol–water partition coefficient (Wildman–Crippen LogP) is 4.74. The lowest BCUT2D eigenvalue weighted by Gasteiger charge is -2.21. The molecule has 0 unspecified atom stereocenters. The van der Waals surface area contributed by atoms with Crippen LogP contribution >= 0.6 is 34.7 Å². The fourth-order valence-electron chi connectivity index (χ4n) is 3.30. The number of ether oxygens (including phenoxy) is 2. The van der Waals surface area contributed by atoms with Gasteiger partial charge in [-0.3, -0.25) is 15.1 Å². The number of aromatic nitrogens is 4. The molecule has 1 N–H and O–H groups in total. The van der Waals surface area contributed by atoms with E-state index in [2.05, 4.69) is 32.4 Å². The first-order chi connectivity index (χ1) is 15.4. The normalized spacial score (nSPS) is 17.9. The zero-order valence-corrected chi connectivity index (χ0v) is 20.2. The number of methoxy groups -OCH3 is 1. The molecular formula is C21H22ClN5O3S2. The number of halogens is 1. The zero-order chi connectivity index (χ0) is 22.7. The quantitative estimate of drug-likeness (QED) is 0.473. The van der Waals surface area contributed by atoms with Crippen LogP contribution in [0.3, 0.4) is 0 Å². The molecule has 0 bridgehead atoms. The van der Waals surface area contributed by atoms with Gasteiger partial charge in [-0.2, -0.15) is 11.8 Å². The van der Waals surface area contributed by atoms with E-state index in [4.69, 9.17) is 21.1 Å². The summed E-state index contributed by atoms with van der Waals surface area (Å²) in [7, 11) is 1.54. The summed E-state index contributed by atoms with van der Waals surface area (Å²) >= 11 is 9.23. The number of aryl methyl sites for hydroxylation is 1. The van der Waals surface area contributed by atoms with E-state index in [1.54, 1.807) is 12.1 Å². The van der Waals surface area contributed by atoms with Crippen molar-refractivity contribution in [2.24, 2.45) is 5.41 Å². The second kappa shape index (κ2) is 9.60. The van der Waals surface area contributed by atoms with Crippen molar-refractivity contribution in [2.75, 3.05) is 30.5 Å². The maximum absolute atomic E-state index is 13.1. The first kappa shape index (κ1) is 22.8. The highest BCUT2D eigenvalue weighted by molar-refractivity contribution is 7.99. The van der Waals surface area contributed by atoms with Crippen LogP contribution in [0.4, 0.5) is 5.13 Å². The Balaban J connectivity index is 1.54. The number of hydrogen-bond donors (Lipinski definition) is 1. The van der Waals surface area contributed by atoms with E-state index in [0.29, 0.717) is 44.5 Å². The van der Waals surface area contributed by atoms with Gasteiger partial charge >= 0.3 is 0 Å². The molecule has 0 radical (unpaired) electrons. The molecule has 1 atom stereocenters. The second-order valence-electron chi connectivity index (χ2n) is 7.81. The van der Waals surface area contributed by atoms with Gasteiger partial charge in [0.15, 0.2) is 0 Å². The van der Waals surface area contributed by atoms with Crippen LogP contribution in [0.2, 0.25) is 5.15 Å². The smallest absolute Gasteiger partial charge is 0.295 e. The van der Waals surface area contributed by atoms with Crippen molar-refractivity contribution in [3.05, 3.63) is 40.9 Å². The SMILES string of the molecule is COc1cnc(Cl)cc1-c1cc(C)ncc1C(=O)Nc1nnc(OC[C@@]2(C)CCSC2)s1. The number of carbonyl (C=O) groups excluding carboxylic acids is 1.